The number of piperazine rings is 1. The SMILES string of the molecule is Cl.O=C(OCc1ccccc1)N1CCN[C@@H](Cc2ccccc2)C1. The van der Waals surface area contributed by atoms with E-state index in [0.29, 0.717) is 19.7 Å². The predicted octanol–water partition coefficient (Wildman–Crippen LogP) is 3.26. The van der Waals surface area contributed by atoms with Crippen molar-refractivity contribution < 1.29 is 9.53 Å². The molecule has 1 heterocycles. The van der Waals surface area contributed by atoms with E-state index in [1.54, 1.807) is 4.90 Å². The van der Waals surface area contributed by atoms with Crippen molar-refractivity contribution in [3.8, 4) is 0 Å². The minimum Gasteiger partial charge on any atom is -0.445 e. The zero-order chi connectivity index (χ0) is 15.9. The Hall–Kier alpha value is -2.04. The first-order valence-electron chi connectivity index (χ1n) is 8.04. The molecule has 4 nitrogen and oxygen atoms in total. The minimum atomic E-state index is -0.228. The van der Waals surface area contributed by atoms with Gasteiger partial charge < -0.3 is 15.0 Å². The molecule has 24 heavy (non-hydrogen) atoms. The molecule has 0 bridgehead atoms. The maximum Gasteiger partial charge on any atom is 0.410 e. The Morgan fingerprint density at radius 2 is 1.67 bits per heavy atom. The van der Waals surface area contributed by atoms with E-state index in [4.69, 9.17) is 4.74 Å². The van der Waals surface area contributed by atoms with Crippen LogP contribution < -0.4 is 5.32 Å². The summed E-state index contributed by atoms with van der Waals surface area (Å²) in [5, 5.41) is 3.48. The van der Waals surface area contributed by atoms with E-state index in [9.17, 15) is 4.79 Å². The number of hydrogen-bond acceptors (Lipinski definition) is 3. The standard InChI is InChI=1S/C19H22N2O2.ClH/c22-19(23-15-17-9-5-2-6-10-17)21-12-11-20-18(14-21)13-16-7-3-1-4-8-16;/h1-10,18,20H,11-15H2;1H/t18-;/m0./s1. The molecule has 0 radical (unpaired) electrons. The van der Waals surface area contributed by atoms with Crippen molar-refractivity contribution >= 4 is 18.5 Å². The lowest BCUT2D eigenvalue weighted by molar-refractivity contribution is 0.0849. The highest BCUT2D eigenvalue weighted by atomic mass is 35.5. The summed E-state index contributed by atoms with van der Waals surface area (Å²) in [6.45, 7) is 2.51. The average molecular weight is 347 g/mol. The van der Waals surface area contributed by atoms with Crippen LogP contribution in [0, 0.1) is 0 Å². The molecule has 5 heteroatoms. The fourth-order valence-corrected chi connectivity index (χ4v) is 2.84. The second-order valence-electron chi connectivity index (χ2n) is 5.83. The van der Waals surface area contributed by atoms with Gasteiger partial charge in [0.1, 0.15) is 6.61 Å². The summed E-state index contributed by atoms with van der Waals surface area (Å²) >= 11 is 0. The fraction of sp³-hybridized carbons (Fsp3) is 0.316. The summed E-state index contributed by atoms with van der Waals surface area (Å²) in [5.41, 5.74) is 2.29. The van der Waals surface area contributed by atoms with Gasteiger partial charge in [0.05, 0.1) is 0 Å². The zero-order valence-electron chi connectivity index (χ0n) is 13.6. The van der Waals surface area contributed by atoms with E-state index in [0.717, 1.165) is 18.5 Å². The second kappa shape index (κ2) is 9.30. The maximum atomic E-state index is 12.2. The lowest BCUT2D eigenvalue weighted by Crippen LogP contribution is -2.53. The molecular formula is C19H23ClN2O2. The quantitative estimate of drug-likeness (QED) is 0.923. The van der Waals surface area contributed by atoms with Gasteiger partial charge in [-0.05, 0) is 17.5 Å². The predicted molar refractivity (Wildman–Crippen MR) is 97.4 cm³/mol. The number of rotatable bonds is 4. The third kappa shape index (κ3) is 5.25. The molecule has 128 valence electrons. The van der Waals surface area contributed by atoms with Crippen LogP contribution in [0.1, 0.15) is 11.1 Å². The summed E-state index contributed by atoms with van der Waals surface area (Å²) < 4.78 is 5.43. The molecule has 0 saturated carbocycles. The van der Waals surface area contributed by atoms with Gasteiger partial charge in [-0.25, -0.2) is 4.79 Å². The zero-order valence-corrected chi connectivity index (χ0v) is 14.4. The van der Waals surface area contributed by atoms with Gasteiger partial charge in [0, 0.05) is 25.7 Å². The molecule has 0 unspecified atom stereocenters. The Morgan fingerprint density at radius 3 is 2.33 bits per heavy atom. The van der Waals surface area contributed by atoms with Crippen molar-refractivity contribution in [2.24, 2.45) is 0 Å². The molecule has 1 aliphatic rings. The molecule has 1 aliphatic heterocycles. The van der Waals surface area contributed by atoms with Crippen molar-refractivity contribution in [1.29, 1.82) is 0 Å². The molecule has 2 aromatic rings. The first-order valence-corrected chi connectivity index (χ1v) is 8.04. The van der Waals surface area contributed by atoms with Gasteiger partial charge in [0.25, 0.3) is 0 Å². The summed E-state index contributed by atoms with van der Waals surface area (Å²) in [5.74, 6) is 0. The normalized spacial score (nSPS) is 17.0. The number of ether oxygens (including phenoxy) is 1. The summed E-state index contributed by atoms with van der Waals surface area (Å²) in [6, 6.07) is 20.4. The lowest BCUT2D eigenvalue weighted by Gasteiger charge is -2.33. The summed E-state index contributed by atoms with van der Waals surface area (Å²) in [7, 11) is 0. The Balaban J connectivity index is 0.00000208. The van der Waals surface area contributed by atoms with Crippen LogP contribution in [-0.4, -0.2) is 36.7 Å². The van der Waals surface area contributed by atoms with E-state index >= 15 is 0 Å². The van der Waals surface area contributed by atoms with Crippen LogP contribution >= 0.6 is 12.4 Å². The van der Waals surface area contributed by atoms with Crippen LogP contribution in [0.5, 0.6) is 0 Å². The lowest BCUT2D eigenvalue weighted by atomic mass is 10.0. The van der Waals surface area contributed by atoms with Gasteiger partial charge in [0.15, 0.2) is 0 Å². The van der Waals surface area contributed by atoms with Gasteiger partial charge in [-0.15, -0.1) is 12.4 Å². The third-order valence-corrected chi connectivity index (χ3v) is 4.04. The van der Waals surface area contributed by atoms with Crippen LogP contribution in [-0.2, 0) is 17.8 Å². The molecule has 1 fully saturated rings. The highest BCUT2D eigenvalue weighted by Crippen LogP contribution is 2.10. The average Bonchev–Trinajstić information content (AvgIpc) is 2.62. The minimum absolute atomic E-state index is 0. The number of carbonyl (C=O) groups excluding carboxylic acids is 1. The molecule has 1 N–H and O–H groups in total. The Kier molecular flexibility index (Phi) is 7.09. The van der Waals surface area contributed by atoms with Crippen molar-refractivity contribution in [2.75, 3.05) is 19.6 Å². The summed E-state index contributed by atoms with van der Waals surface area (Å²) in [6.07, 6.45) is 0.692. The van der Waals surface area contributed by atoms with E-state index < -0.39 is 0 Å². The molecule has 1 amide bonds. The molecule has 1 saturated heterocycles. The molecule has 2 aromatic carbocycles. The van der Waals surface area contributed by atoms with E-state index in [1.165, 1.54) is 5.56 Å². The molecule has 0 aromatic heterocycles. The van der Waals surface area contributed by atoms with Gasteiger partial charge in [0.2, 0.25) is 0 Å². The van der Waals surface area contributed by atoms with Crippen LogP contribution in [0.3, 0.4) is 0 Å². The van der Waals surface area contributed by atoms with Gasteiger partial charge >= 0.3 is 6.09 Å². The van der Waals surface area contributed by atoms with E-state index in [1.807, 2.05) is 48.5 Å². The number of amides is 1. The fourth-order valence-electron chi connectivity index (χ4n) is 2.84. The first kappa shape index (κ1) is 18.3. The maximum absolute atomic E-state index is 12.2. The van der Waals surface area contributed by atoms with Gasteiger partial charge in [-0.2, -0.15) is 0 Å². The Bertz CT molecular complexity index is 622. The monoisotopic (exact) mass is 346 g/mol. The number of hydrogen-bond donors (Lipinski definition) is 1. The van der Waals surface area contributed by atoms with Crippen molar-refractivity contribution in [3.05, 3.63) is 71.8 Å². The number of carbonyl (C=O) groups is 1. The van der Waals surface area contributed by atoms with Crippen molar-refractivity contribution in [3.63, 3.8) is 0 Å². The van der Waals surface area contributed by atoms with Crippen LogP contribution in [0.2, 0.25) is 0 Å². The van der Waals surface area contributed by atoms with Crippen LogP contribution in [0.15, 0.2) is 60.7 Å². The Labute approximate surface area is 149 Å². The number of benzene rings is 2. The molecule has 0 aliphatic carbocycles. The molecule has 1 atom stereocenters. The van der Waals surface area contributed by atoms with Gasteiger partial charge in [-0.3, -0.25) is 0 Å². The van der Waals surface area contributed by atoms with Crippen LogP contribution in [0.25, 0.3) is 0 Å². The number of halogens is 1. The highest BCUT2D eigenvalue weighted by Gasteiger charge is 2.24. The first-order chi connectivity index (χ1) is 11.3. The van der Waals surface area contributed by atoms with Gasteiger partial charge in [-0.1, -0.05) is 60.7 Å². The third-order valence-electron chi connectivity index (χ3n) is 4.04. The topological polar surface area (TPSA) is 41.6 Å². The number of nitrogens with one attached hydrogen (secondary N) is 1. The highest BCUT2D eigenvalue weighted by molar-refractivity contribution is 5.85. The molecule has 3 rings (SSSR count). The van der Waals surface area contributed by atoms with E-state index in [-0.39, 0.29) is 24.5 Å². The number of nitrogens with zero attached hydrogens (tertiary/aromatic N) is 1. The van der Waals surface area contributed by atoms with Crippen LogP contribution in [0.4, 0.5) is 4.79 Å². The molecular weight excluding hydrogens is 324 g/mol. The second-order valence-corrected chi connectivity index (χ2v) is 5.83. The smallest absolute Gasteiger partial charge is 0.410 e. The largest absolute Gasteiger partial charge is 0.445 e. The molecule has 0 spiro atoms. The summed E-state index contributed by atoms with van der Waals surface area (Å²) in [4.78, 5) is 14.0. The van der Waals surface area contributed by atoms with Crippen molar-refractivity contribution in [2.45, 2.75) is 19.1 Å². The van der Waals surface area contributed by atoms with Crippen molar-refractivity contribution in [1.82, 2.24) is 10.2 Å². The van der Waals surface area contributed by atoms with E-state index in [2.05, 4.69) is 17.4 Å². The Morgan fingerprint density at radius 1 is 1.04 bits per heavy atom.